The third kappa shape index (κ3) is 3.15. The van der Waals surface area contributed by atoms with Crippen LogP contribution in [0.1, 0.15) is 31.0 Å². The summed E-state index contributed by atoms with van der Waals surface area (Å²) in [5.41, 5.74) is 3.56. The van der Waals surface area contributed by atoms with Crippen molar-refractivity contribution in [1.82, 2.24) is 19.9 Å². The number of hydrogen-bond acceptors (Lipinski definition) is 7. The highest BCUT2D eigenvalue weighted by Crippen LogP contribution is 2.58. The zero-order valence-corrected chi connectivity index (χ0v) is 18.4. The maximum absolute atomic E-state index is 11.5. The lowest BCUT2D eigenvalue weighted by atomic mass is 10.0. The second-order valence-corrected chi connectivity index (χ2v) is 9.95. The van der Waals surface area contributed by atoms with Crippen LogP contribution >= 0.6 is 0 Å². The van der Waals surface area contributed by atoms with Crippen molar-refractivity contribution in [2.75, 3.05) is 54.9 Å². The van der Waals surface area contributed by atoms with E-state index in [-0.39, 0.29) is 11.3 Å². The van der Waals surface area contributed by atoms with Crippen LogP contribution in [0.3, 0.4) is 0 Å². The number of rotatable bonds is 3. The van der Waals surface area contributed by atoms with Crippen molar-refractivity contribution >= 4 is 29.2 Å². The molecular formula is C23H29N7O. The fourth-order valence-corrected chi connectivity index (χ4v) is 5.79. The molecule has 31 heavy (non-hydrogen) atoms. The van der Waals surface area contributed by atoms with Crippen molar-refractivity contribution in [2.45, 2.75) is 32.1 Å². The third-order valence-corrected chi connectivity index (χ3v) is 7.42. The Hall–Kier alpha value is -2.74. The van der Waals surface area contributed by atoms with Gasteiger partial charge in [-0.1, -0.05) is 0 Å². The van der Waals surface area contributed by atoms with E-state index in [1.807, 2.05) is 12.3 Å². The molecule has 1 spiro atoms. The third-order valence-electron chi connectivity index (χ3n) is 7.42. The molecule has 2 aromatic rings. The molecule has 0 aromatic carbocycles. The van der Waals surface area contributed by atoms with Crippen LogP contribution in [0.15, 0.2) is 18.3 Å². The summed E-state index contributed by atoms with van der Waals surface area (Å²) in [5, 5.41) is 2.83. The number of carbonyl (C=O) groups is 1. The Morgan fingerprint density at radius 2 is 1.87 bits per heavy atom. The average molecular weight is 420 g/mol. The Balaban J connectivity index is 1.34. The first-order chi connectivity index (χ1) is 14.9. The summed E-state index contributed by atoms with van der Waals surface area (Å²) in [5.74, 6) is 3.71. The normalized spacial score (nSPS) is 25.8. The quantitative estimate of drug-likeness (QED) is 0.818. The predicted octanol–water partition coefficient (Wildman–Crippen LogP) is 2.32. The van der Waals surface area contributed by atoms with E-state index in [1.54, 1.807) is 0 Å². The van der Waals surface area contributed by atoms with E-state index in [0.29, 0.717) is 17.7 Å². The lowest BCUT2D eigenvalue weighted by Crippen LogP contribution is -2.29. The van der Waals surface area contributed by atoms with Crippen molar-refractivity contribution in [2.24, 2.45) is 11.8 Å². The number of nitrogens with zero attached hydrogens (tertiary/aromatic N) is 6. The maximum Gasteiger partial charge on any atom is 0.227 e. The van der Waals surface area contributed by atoms with Gasteiger partial charge in [0.1, 0.15) is 11.6 Å². The van der Waals surface area contributed by atoms with E-state index in [2.05, 4.69) is 45.0 Å². The topological polar surface area (TPSA) is 77.5 Å². The standard InChI is InChI=1S/C23H29N7O/c1-14-6-21(27-22(25-14)29-11-16-9-28(3)10-17(16)12-29)30-13-23(4-5-23)18-8-24-20(7-19(18)30)26-15(2)31/h6-8,16-17H,4-5,9-13H2,1-3H3,(H,24,26,31)/t16-,17+. The van der Waals surface area contributed by atoms with Gasteiger partial charge in [-0.25, -0.2) is 9.97 Å². The monoisotopic (exact) mass is 419 g/mol. The smallest absolute Gasteiger partial charge is 0.227 e. The van der Waals surface area contributed by atoms with Crippen LogP contribution in [0, 0.1) is 18.8 Å². The maximum atomic E-state index is 11.5. The highest BCUT2D eigenvalue weighted by atomic mass is 16.1. The molecule has 8 heteroatoms. The molecule has 2 atom stereocenters. The number of pyridine rings is 1. The number of hydrogen-bond donors (Lipinski definition) is 1. The van der Waals surface area contributed by atoms with Crippen LogP contribution in [0.2, 0.25) is 0 Å². The van der Waals surface area contributed by atoms with Crippen LogP contribution in [-0.2, 0) is 10.2 Å². The molecule has 0 bridgehead atoms. The number of nitrogens with one attached hydrogen (secondary N) is 1. The van der Waals surface area contributed by atoms with E-state index in [1.165, 1.54) is 38.4 Å². The fraction of sp³-hybridized carbons (Fsp3) is 0.565. The van der Waals surface area contributed by atoms with E-state index in [0.717, 1.165) is 42.8 Å². The van der Waals surface area contributed by atoms with Crippen molar-refractivity contribution in [1.29, 1.82) is 0 Å². The van der Waals surface area contributed by atoms with Crippen molar-refractivity contribution in [3.63, 3.8) is 0 Å². The minimum Gasteiger partial charge on any atom is -0.340 e. The molecule has 2 saturated heterocycles. The summed E-state index contributed by atoms with van der Waals surface area (Å²) in [6, 6.07) is 4.08. The van der Waals surface area contributed by atoms with Gasteiger partial charge in [-0.2, -0.15) is 4.98 Å². The Morgan fingerprint density at radius 1 is 1.13 bits per heavy atom. The lowest BCUT2D eigenvalue weighted by Gasteiger charge is -2.24. The van der Waals surface area contributed by atoms with Gasteiger partial charge in [0, 0.05) is 74.6 Å². The number of amides is 1. The van der Waals surface area contributed by atoms with Gasteiger partial charge in [0.25, 0.3) is 0 Å². The number of anilines is 4. The molecule has 1 amide bonds. The van der Waals surface area contributed by atoms with Gasteiger partial charge in [0.15, 0.2) is 0 Å². The summed E-state index contributed by atoms with van der Waals surface area (Å²) in [6.45, 7) is 8.89. The fourth-order valence-electron chi connectivity index (χ4n) is 5.79. The average Bonchev–Trinajstić information content (AvgIpc) is 3.09. The Bertz CT molecular complexity index is 1050. The molecule has 6 rings (SSSR count). The zero-order valence-electron chi connectivity index (χ0n) is 18.4. The number of aromatic nitrogens is 3. The minimum absolute atomic E-state index is 0.108. The number of carbonyl (C=O) groups excluding carboxylic acids is 1. The Labute approximate surface area is 182 Å². The van der Waals surface area contributed by atoms with Gasteiger partial charge < -0.3 is 20.0 Å². The second-order valence-electron chi connectivity index (χ2n) is 9.95. The molecule has 0 radical (unpaired) electrons. The molecule has 1 N–H and O–H groups in total. The summed E-state index contributed by atoms with van der Waals surface area (Å²) in [6.07, 6.45) is 4.30. The van der Waals surface area contributed by atoms with Crippen molar-refractivity contribution in [3.05, 3.63) is 29.6 Å². The Kier molecular flexibility index (Phi) is 4.06. The van der Waals surface area contributed by atoms with Gasteiger partial charge in [-0.3, -0.25) is 4.79 Å². The Morgan fingerprint density at radius 3 is 2.55 bits per heavy atom. The summed E-state index contributed by atoms with van der Waals surface area (Å²) < 4.78 is 0. The van der Waals surface area contributed by atoms with E-state index >= 15 is 0 Å². The van der Waals surface area contributed by atoms with E-state index in [4.69, 9.17) is 9.97 Å². The highest BCUT2D eigenvalue weighted by molar-refractivity contribution is 5.89. The van der Waals surface area contributed by atoms with Gasteiger partial charge in [0.05, 0.1) is 5.69 Å². The molecule has 3 fully saturated rings. The minimum atomic E-state index is -0.108. The van der Waals surface area contributed by atoms with Gasteiger partial charge in [0.2, 0.25) is 11.9 Å². The van der Waals surface area contributed by atoms with Crippen LogP contribution in [0.25, 0.3) is 0 Å². The van der Waals surface area contributed by atoms with Crippen LogP contribution in [0.4, 0.5) is 23.3 Å². The van der Waals surface area contributed by atoms with Crippen LogP contribution < -0.4 is 15.1 Å². The summed E-state index contributed by atoms with van der Waals surface area (Å²) >= 11 is 0. The van der Waals surface area contributed by atoms with Crippen molar-refractivity contribution < 1.29 is 4.79 Å². The summed E-state index contributed by atoms with van der Waals surface area (Å²) in [4.78, 5) is 33.0. The summed E-state index contributed by atoms with van der Waals surface area (Å²) in [7, 11) is 2.21. The lowest BCUT2D eigenvalue weighted by molar-refractivity contribution is -0.114. The molecule has 8 nitrogen and oxygen atoms in total. The van der Waals surface area contributed by atoms with E-state index in [9.17, 15) is 4.79 Å². The largest absolute Gasteiger partial charge is 0.340 e. The molecule has 5 heterocycles. The van der Waals surface area contributed by atoms with Gasteiger partial charge in [-0.15, -0.1) is 0 Å². The van der Waals surface area contributed by atoms with Gasteiger partial charge >= 0.3 is 0 Å². The zero-order chi connectivity index (χ0) is 21.3. The SMILES string of the molecule is CC(=O)Nc1cc2c(cn1)C1(CC1)CN2c1cc(C)nc(N2C[C@H]3CN(C)C[C@H]3C2)n1. The molecular weight excluding hydrogens is 390 g/mol. The number of likely N-dealkylation sites (tertiary alicyclic amines) is 1. The molecule has 0 unspecified atom stereocenters. The molecule has 4 aliphatic rings. The molecule has 1 saturated carbocycles. The number of aryl methyl sites for hydroxylation is 1. The molecule has 1 aliphatic carbocycles. The van der Waals surface area contributed by atoms with Crippen LogP contribution in [-0.4, -0.2) is 65.5 Å². The van der Waals surface area contributed by atoms with Gasteiger partial charge in [-0.05, 0) is 38.6 Å². The first-order valence-electron chi connectivity index (χ1n) is 11.2. The first kappa shape index (κ1) is 19.0. The molecule has 162 valence electrons. The van der Waals surface area contributed by atoms with Crippen LogP contribution in [0.5, 0.6) is 0 Å². The van der Waals surface area contributed by atoms with Crippen molar-refractivity contribution in [3.8, 4) is 0 Å². The number of fused-ring (bicyclic) bond motifs is 3. The molecule has 2 aromatic heterocycles. The molecule has 3 aliphatic heterocycles. The first-order valence-corrected chi connectivity index (χ1v) is 11.2. The predicted molar refractivity (Wildman–Crippen MR) is 120 cm³/mol. The van der Waals surface area contributed by atoms with E-state index < -0.39 is 0 Å². The highest BCUT2D eigenvalue weighted by Gasteiger charge is 2.52. The second kappa shape index (κ2) is 6.63.